The smallest absolute Gasteiger partial charge is 0.339 e. The van der Waals surface area contributed by atoms with Crippen LogP contribution in [0.1, 0.15) is 15.2 Å². The monoisotopic (exact) mass is 327 g/mol. The van der Waals surface area contributed by atoms with Gasteiger partial charge >= 0.3 is 5.97 Å². The number of carboxylic acid groups (broad SMARTS) is 1. The fourth-order valence-corrected chi connectivity index (χ4v) is 2.78. The van der Waals surface area contributed by atoms with E-state index in [1.807, 2.05) is 11.4 Å². The minimum Gasteiger partial charge on any atom is -0.487 e. The Kier molecular flexibility index (Phi) is 3.88. The molecule has 0 aliphatic heterocycles. The van der Waals surface area contributed by atoms with Crippen molar-refractivity contribution in [3.8, 4) is 5.75 Å². The van der Waals surface area contributed by atoms with Gasteiger partial charge in [0, 0.05) is 26.5 Å². The largest absolute Gasteiger partial charge is 0.487 e. The molecule has 6 heteroatoms. The first-order chi connectivity index (χ1) is 8.56. The number of ether oxygens (including phenoxy) is 1. The Morgan fingerprint density at radius 1 is 1.44 bits per heavy atom. The Morgan fingerprint density at radius 3 is 2.83 bits per heavy atom. The van der Waals surface area contributed by atoms with Crippen LogP contribution in [0.15, 0.2) is 34.1 Å². The molecule has 0 atom stereocenters. The van der Waals surface area contributed by atoms with Gasteiger partial charge in [-0.3, -0.25) is 0 Å². The topological polar surface area (TPSA) is 72.6 Å². The summed E-state index contributed by atoms with van der Waals surface area (Å²) in [5.41, 5.74) is 6.21. The molecule has 0 spiro atoms. The lowest BCUT2D eigenvalue weighted by molar-refractivity contribution is 0.0692. The lowest BCUT2D eigenvalue weighted by Gasteiger charge is -2.08. The van der Waals surface area contributed by atoms with E-state index in [9.17, 15) is 4.79 Å². The fraction of sp³-hybridized carbons (Fsp3) is 0.0833. The van der Waals surface area contributed by atoms with Gasteiger partial charge in [0.2, 0.25) is 0 Å². The standard InChI is InChI=1S/C12H10BrNO3S/c13-7-3-9(18-6-7)5-17-11-4-8(14)1-2-10(11)12(15)16/h1-4,6H,5,14H2,(H,15,16). The number of nitrogens with two attached hydrogens (primary N) is 1. The number of anilines is 1. The zero-order valence-corrected chi connectivity index (χ0v) is 11.6. The molecule has 0 radical (unpaired) electrons. The van der Waals surface area contributed by atoms with E-state index in [-0.39, 0.29) is 11.3 Å². The molecule has 0 saturated heterocycles. The van der Waals surface area contributed by atoms with Crippen molar-refractivity contribution in [1.29, 1.82) is 0 Å². The number of hydrogen-bond acceptors (Lipinski definition) is 4. The average Bonchev–Trinajstić information content (AvgIpc) is 2.72. The molecule has 0 aliphatic rings. The van der Waals surface area contributed by atoms with Gasteiger partial charge in [-0.1, -0.05) is 0 Å². The van der Waals surface area contributed by atoms with Crippen molar-refractivity contribution in [1.82, 2.24) is 0 Å². The molecule has 3 N–H and O–H groups in total. The van der Waals surface area contributed by atoms with E-state index >= 15 is 0 Å². The molecule has 1 aromatic heterocycles. The van der Waals surface area contributed by atoms with E-state index in [2.05, 4.69) is 15.9 Å². The molecule has 18 heavy (non-hydrogen) atoms. The van der Waals surface area contributed by atoms with Crippen molar-refractivity contribution in [2.75, 3.05) is 5.73 Å². The second-order valence-corrected chi connectivity index (χ2v) is 5.49. The van der Waals surface area contributed by atoms with Crippen LogP contribution < -0.4 is 10.5 Å². The average molecular weight is 328 g/mol. The Labute approximate surface area is 116 Å². The first-order valence-corrected chi connectivity index (χ1v) is 6.72. The number of halogens is 1. The van der Waals surface area contributed by atoms with Crippen molar-refractivity contribution < 1.29 is 14.6 Å². The molecular formula is C12H10BrNO3S. The molecule has 0 amide bonds. The molecule has 0 saturated carbocycles. The second kappa shape index (κ2) is 5.41. The number of carbonyl (C=O) groups is 1. The number of carboxylic acids is 1. The molecule has 94 valence electrons. The molecule has 0 unspecified atom stereocenters. The highest BCUT2D eigenvalue weighted by Crippen LogP contribution is 2.25. The Bertz CT molecular complexity index is 582. The van der Waals surface area contributed by atoms with Crippen LogP contribution in [0.25, 0.3) is 0 Å². The highest BCUT2D eigenvalue weighted by atomic mass is 79.9. The molecular weight excluding hydrogens is 318 g/mol. The minimum atomic E-state index is -1.03. The second-order valence-electron chi connectivity index (χ2n) is 3.58. The van der Waals surface area contributed by atoms with E-state index < -0.39 is 5.97 Å². The van der Waals surface area contributed by atoms with Crippen LogP contribution in [0.2, 0.25) is 0 Å². The summed E-state index contributed by atoms with van der Waals surface area (Å²) in [6.07, 6.45) is 0. The first kappa shape index (κ1) is 12.9. The molecule has 0 bridgehead atoms. The van der Waals surface area contributed by atoms with Crippen LogP contribution in [0.5, 0.6) is 5.75 Å². The number of thiophene rings is 1. The van der Waals surface area contributed by atoms with Gasteiger partial charge in [-0.2, -0.15) is 0 Å². The van der Waals surface area contributed by atoms with Crippen molar-refractivity contribution in [2.45, 2.75) is 6.61 Å². The van der Waals surface area contributed by atoms with E-state index in [1.165, 1.54) is 29.5 Å². The zero-order valence-electron chi connectivity index (χ0n) is 9.22. The van der Waals surface area contributed by atoms with Crippen molar-refractivity contribution in [3.63, 3.8) is 0 Å². The summed E-state index contributed by atoms with van der Waals surface area (Å²) in [5, 5.41) is 11.0. The van der Waals surface area contributed by atoms with Gasteiger partial charge in [0.25, 0.3) is 0 Å². The third kappa shape index (κ3) is 3.02. The van der Waals surface area contributed by atoms with Crippen LogP contribution in [-0.2, 0) is 6.61 Å². The maximum Gasteiger partial charge on any atom is 0.339 e. The predicted octanol–water partition coefficient (Wildman–Crippen LogP) is 3.37. The third-order valence-corrected chi connectivity index (χ3v) is 3.90. The van der Waals surface area contributed by atoms with Crippen LogP contribution >= 0.6 is 27.3 Å². The molecule has 4 nitrogen and oxygen atoms in total. The highest BCUT2D eigenvalue weighted by Gasteiger charge is 2.12. The number of hydrogen-bond donors (Lipinski definition) is 2. The van der Waals surface area contributed by atoms with Gasteiger partial charge in [-0.25, -0.2) is 4.79 Å². The molecule has 1 heterocycles. The van der Waals surface area contributed by atoms with Crippen molar-refractivity contribution in [2.24, 2.45) is 0 Å². The fourth-order valence-electron chi connectivity index (χ4n) is 1.41. The van der Waals surface area contributed by atoms with Gasteiger partial charge in [0.15, 0.2) is 0 Å². The number of benzene rings is 1. The normalized spacial score (nSPS) is 10.3. The van der Waals surface area contributed by atoms with E-state index in [4.69, 9.17) is 15.6 Å². The lowest BCUT2D eigenvalue weighted by Crippen LogP contribution is -2.03. The van der Waals surface area contributed by atoms with Gasteiger partial charge in [0.05, 0.1) is 0 Å². The number of nitrogen functional groups attached to an aromatic ring is 1. The Hall–Kier alpha value is -1.53. The summed E-state index contributed by atoms with van der Waals surface area (Å²) in [5.74, 6) is -0.746. The van der Waals surface area contributed by atoms with Crippen molar-refractivity contribution in [3.05, 3.63) is 44.6 Å². The highest BCUT2D eigenvalue weighted by molar-refractivity contribution is 9.10. The number of rotatable bonds is 4. The van der Waals surface area contributed by atoms with Gasteiger partial charge in [-0.15, -0.1) is 11.3 Å². The SMILES string of the molecule is Nc1ccc(C(=O)O)c(OCc2cc(Br)cs2)c1. The zero-order chi connectivity index (χ0) is 13.1. The van der Waals surface area contributed by atoms with Crippen LogP contribution in [0, 0.1) is 0 Å². The third-order valence-electron chi connectivity index (χ3n) is 2.23. The van der Waals surface area contributed by atoms with Crippen molar-refractivity contribution >= 4 is 38.9 Å². The summed E-state index contributed by atoms with van der Waals surface area (Å²) in [6, 6.07) is 6.43. The maximum absolute atomic E-state index is 11.0. The summed E-state index contributed by atoms with van der Waals surface area (Å²) in [4.78, 5) is 12.0. The summed E-state index contributed by atoms with van der Waals surface area (Å²) < 4.78 is 6.49. The van der Waals surface area contributed by atoms with Gasteiger partial charge < -0.3 is 15.6 Å². The summed E-state index contributed by atoms with van der Waals surface area (Å²) in [6.45, 7) is 0.319. The molecule has 2 rings (SSSR count). The Morgan fingerprint density at radius 2 is 2.22 bits per heavy atom. The number of aromatic carboxylic acids is 1. The van der Waals surface area contributed by atoms with Crippen LogP contribution in [-0.4, -0.2) is 11.1 Å². The predicted molar refractivity (Wildman–Crippen MR) is 74.2 cm³/mol. The molecule has 1 aromatic carbocycles. The van der Waals surface area contributed by atoms with Gasteiger partial charge in [0.1, 0.15) is 17.9 Å². The minimum absolute atomic E-state index is 0.111. The van der Waals surface area contributed by atoms with E-state index in [1.54, 1.807) is 0 Å². The summed E-state index contributed by atoms with van der Waals surface area (Å²) >= 11 is 4.89. The molecule has 0 fully saturated rings. The molecule has 0 aliphatic carbocycles. The first-order valence-electron chi connectivity index (χ1n) is 5.05. The van der Waals surface area contributed by atoms with E-state index in [0.29, 0.717) is 12.3 Å². The maximum atomic E-state index is 11.0. The van der Waals surface area contributed by atoms with Gasteiger partial charge in [-0.05, 0) is 34.1 Å². The van der Waals surface area contributed by atoms with E-state index in [0.717, 1.165) is 9.35 Å². The Balaban J connectivity index is 2.17. The molecule has 2 aromatic rings. The quantitative estimate of drug-likeness (QED) is 0.844. The lowest BCUT2D eigenvalue weighted by atomic mass is 10.2. The van der Waals surface area contributed by atoms with Crippen LogP contribution in [0.4, 0.5) is 5.69 Å². The van der Waals surface area contributed by atoms with Crippen LogP contribution in [0.3, 0.4) is 0 Å². The summed E-state index contributed by atoms with van der Waals surface area (Å²) in [7, 11) is 0.